The first-order valence-electron chi connectivity index (χ1n) is 7.11. The molecule has 1 aromatic rings. The molecule has 0 amide bonds. The van der Waals surface area contributed by atoms with E-state index in [0.717, 1.165) is 35.0 Å². The number of hydrogen-bond acceptors (Lipinski definition) is 2. The summed E-state index contributed by atoms with van der Waals surface area (Å²) in [7, 11) is 1.68. The molecule has 3 fully saturated rings. The van der Waals surface area contributed by atoms with E-state index in [1.165, 1.54) is 19.3 Å². The minimum atomic E-state index is -0.279. The number of aliphatic hydroxyl groups excluding tert-OH is 1. The fourth-order valence-electron chi connectivity index (χ4n) is 4.86. The van der Waals surface area contributed by atoms with Crippen molar-refractivity contribution in [2.24, 2.45) is 29.6 Å². The fourth-order valence-corrected chi connectivity index (χ4v) is 4.86. The highest BCUT2D eigenvalue weighted by atomic mass is 16.5. The number of aliphatic hydroxyl groups is 1. The van der Waals surface area contributed by atoms with Crippen LogP contribution in [0.5, 0.6) is 5.75 Å². The van der Waals surface area contributed by atoms with Gasteiger partial charge >= 0.3 is 0 Å². The van der Waals surface area contributed by atoms with Crippen molar-refractivity contribution < 1.29 is 9.84 Å². The first-order chi connectivity index (χ1) is 8.79. The van der Waals surface area contributed by atoms with E-state index in [2.05, 4.69) is 0 Å². The SMILES string of the molecule is COc1cccc(C(O)C2C3C4CCC(C4)C32)c1. The van der Waals surface area contributed by atoms with Gasteiger partial charge in [0.15, 0.2) is 0 Å². The smallest absolute Gasteiger partial charge is 0.119 e. The summed E-state index contributed by atoms with van der Waals surface area (Å²) in [5.41, 5.74) is 1.04. The third kappa shape index (κ3) is 1.38. The molecule has 0 heterocycles. The molecule has 2 heteroatoms. The van der Waals surface area contributed by atoms with Gasteiger partial charge in [-0.3, -0.25) is 0 Å². The second kappa shape index (κ2) is 3.74. The summed E-state index contributed by atoms with van der Waals surface area (Å²) in [6, 6.07) is 7.93. The Morgan fingerprint density at radius 1 is 1.22 bits per heavy atom. The number of benzene rings is 1. The molecule has 2 nitrogen and oxygen atoms in total. The molecule has 3 aliphatic carbocycles. The third-order valence-electron chi connectivity index (χ3n) is 5.59. The molecule has 0 aromatic heterocycles. The minimum Gasteiger partial charge on any atom is -0.497 e. The topological polar surface area (TPSA) is 29.5 Å². The number of ether oxygens (including phenoxy) is 1. The zero-order chi connectivity index (χ0) is 12.3. The Kier molecular flexibility index (Phi) is 2.25. The second-order valence-corrected chi connectivity index (χ2v) is 6.29. The molecule has 2 bridgehead atoms. The molecule has 0 radical (unpaired) electrons. The Bertz CT molecular complexity index is 454. The van der Waals surface area contributed by atoms with Gasteiger partial charge in [0.25, 0.3) is 0 Å². The molecule has 3 saturated carbocycles. The average molecular weight is 244 g/mol. The van der Waals surface area contributed by atoms with Crippen LogP contribution in [0.25, 0.3) is 0 Å². The van der Waals surface area contributed by atoms with Gasteiger partial charge in [-0.25, -0.2) is 0 Å². The summed E-state index contributed by atoms with van der Waals surface area (Å²) in [5.74, 6) is 4.87. The molecule has 1 aromatic carbocycles. The summed E-state index contributed by atoms with van der Waals surface area (Å²) >= 11 is 0. The molecule has 3 aliphatic rings. The molecule has 0 aliphatic heterocycles. The molecule has 5 unspecified atom stereocenters. The summed E-state index contributed by atoms with van der Waals surface area (Å²) in [5, 5.41) is 10.6. The molecule has 96 valence electrons. The van der Waals surface area contributed by atoms with E-state index in [0.29, 0.717) is 5.92 Å². The molecular weight excluding hydrogens is 224 g/mol. The van der Waals surface area contributed by atoms with Crippen molar-refractivity contribution in [3.8, 4) is 5.75 Å². The quantitative estimate of drug-likeness (QED) is 0.885. The lowest BCUT2D eigenvalue weighted by Gasteiger charge is -2.16. The maximum Gasteiger partial charge on any atom is 0.119 e. The number of hydrogen-bond donors (Lipinski definition) is 1. The van der Waals surface area contributed by atoms with Crippen LogP contribution in [-0.2, 0) is 0 Å². The van der Waals surface area contributed by atoms with Crippen molar-refractivity contribution >= 4 is 0 Å². The lowest BCUT2D eigenvalue weighted by molar-refractivity contribution is 0.129. The summed E-state index contributed by atoms with van der Waals surface area (Å²) < 4.78 is 5.24. The van der Waals surface area contributed by atoms with Crippen molar-refractivity contribution in [3.05, 3.63) is 29.8 Å². The molecule has 0 spiro atoms. The molecular formula is C16H20O2. The van der Waals surface area contributed by atoms with Crippen LogP contribution in [0, 0.1) is 29.6 Å². The van der Waals surface area contributed by atoms with Crippen LogP contribution in [0.1, 0.15) is 30.9 Å². The predicted octanol–water partition coefficient (Wildman–Crippen LogP) is 3.02. The van der Waals surface area contributed by atoms with E-state index in [1.54, 1.807) is 7.11 Å². The van der Waals surface area contributed by atoms with Crippen molar-refractivity contribution in [2.75, 3.05) is 7.11 Å². The number of fused-ring (bicyclic) bond motifs is 5. The highest BCUT2D eigenvalue weighted by Crippen LogP contribution is 2.72. The standard InChI is InChI=1S/C16H20O2/c1-18-12-4-2-3-11(8-12)16(17)15-13-9-5-6-10(7-9)14(13)15/h2-4,8-10,13-17H,5-7H2,1H3. The first kappa shape index (κ1) is 10.9. The van der Waals surface area contributed by atoms with Gasteiger partial charge in [-0.2, -0.15) is 0 Å². The van der Waals surface area contributed by atoms with Gasteiger partial charge in [-0.1, -0.05) is 12.1 Å². The summed E-state index contributed by atoms with van der Waals surface area (Å²) in [6.07, 6.45) is 3.98. The van der Waals surface area contributed by atoms with Crippen molar-refractivity contribution in [2.45, 2.75) is 25.4 Å². The number of rotatable bonds is 3. The second-order valence-electron chi connectivity index (χ2n) is 6.29. The first-order valence-corrected chi connectivity index (χ1v) is 7.11. The van der Waals surface area contributed by atoms with Gasteiger partial charge in [0.05, 0.1) is 13.2 Å². The Labute approximate surface area is 108 Å². The van der Waals surface area contributed by atoms with Crippen molar-refractivity contribution in [1.29, 1.82) is 0 Å². The lowest BCUT2D eigenvalue weighted by Crippen LogP contribution is -2.08. The van der Waals surface area contributed by atoms with E-state index in [1.807, 2.05) is 24.3 Å². The van der Waals surface area contributed by atoms with E-state index in [-0.39, 0.29) is 6.10 Å². The van der Waals surface area contributed by atoms with Crippen LogP contribution in [-0.4, -0.2) is 12.2 Å². The van der Waals surface area contributed by atoms with Crippen LogP contribution >= 0.6 is 0 Å². The van der Waals surface area contributed by atoms with E-state index in [9.17, 15) is 5.11 Å². The van der Waals surface area contributed by atoms with Crippen LogP contribution in [0.4, 0.5) is 0 Å². The Morgan fingerprint density at radius 3 is 2.61 bits per heavy atom. The third-order valence-corrected chi connectivity index (χ3v) is 5.59. The summed E-state index contributed by atoms with van der Waals surface area (Å²) in [4.78, 5) is 0. The van der Waals surface area contributed by atoms with Crippen LogP contribution < -0.4 is 4.74 Å². The van der Waals surface area contributed by atoms with E-state index < -0.39 is 0 Å². The molecule has 18 heavy (non-hydrogen) atoms. The van der Waals surface area contributed by atoms with Gasteiger partial charge < -0.3 is 9.84 Å². The van der Waals surface area contributed by atoms with Gasteiger partial charge in [0.2, 0.25) is 0 Å². The molecule has 1 N–H and O–H groups in total. The highest BCUT2D eigenvalue weighted by molar-refractivity contribution is 5.32. The van der Waals surface area contributed by atoms with Crippen molar-refractivity contribution in [3.63, 3.8) is 0 Å². The lowest BCUT2D eigenvalue weighted by atomic mass is 9.95. The maximum atomic E-state index is 10.6. The largest absolute Gasteiger partial charge is 0.497 e. The average Bonchev–Trinajstić information content (AvgIpc) is 2.85. The zero-order valence-corrected chi connectivity index (χ0v) is 10.8. The van der Waals surface area contributed by atoms with Crippen LogP contribution in [0.2, 0.25) is 0 Å². The Hall–Kier alpha value is -1.02. The highest BCUT2D eigenvalue weighted by Gasteiger charge is 2.66. The monoisotopic (exact) mass is 244 g/mol. The molecule has 0 saturated heterocycles. The fraction of sp³-hybridized carbons (Fsp3) is 0.625. The van der Waals surface area contributed by atoms with Gasteiger partial charge in [-0.05, 0) is 66.5 Å². The maximum absolute atomic E-state index is 10.6. The van der Waals surface area contributed by atoms with Crippen LogP contribution in [0.3, 0.4) is 0 Å². The Balaban J connectivity index is 1.56. The van der Waals surface area contributed by atoms with Crippen LogP contribution in [0.15, 0.2) is 24.3 Å². The molecule has 4 rings (SSSR count). The molecule has 5 atom stereocenters. The van der Waals surface area contributed by atoms with Gasteiger partial charge in [-0.15, -0.1) is 0 Å². The Morgan fingerprint density at radius 2 is 1.94 bits per heavy atom. The van der Waals surface area contributed by atoms with E-state index >= 15 is 0 Å². The number of methoxy groups -OCH3 is 1. The predicted molar refractivity (Wildman–Crippen MR) is 69.3 cm³/mol. The zero-order valence-electron chi connectivity index (χ0n) is 10.8. The summed E-state index contributed by atoms with van der Waals surface area (Å²) in [6.45, 7) is 0. The minimum absolute atomic E-state index is 0.279. The van der Waals surface area contributed by atoms with Gasteiger partial charge in [0, 0.05) is 0 Å². The van der Waals surface area contributed by atoms with E-state index in [4.69, 9.17) is 4.74 Å². The van der Waals surface area contributed by atoms with Crippen molar-refractivity contribution in [1.82, 2.24) is 0 Å². The van der Waals surface area contributed by atoms with Gasteiger partial charge in [0.1, 0.15) is 5.75 Å². The normalized spacial score (nSPS) is 41.6.